The van der Waals surface area contributed by atoms with E-state index >= 15 is 0 Å². The van der Waals surface area contributed by atoms with E-state index in [1.165, 1.54) is 31.4 Å². The van der Waals surface area contributed by atoms with Crippen molar-refractivity contribution in [1.82, 2.24) is 4.90 Å². The van der Waals surface area contributed by atoms with E-state index in [4.69, 9.17) is 5.73 Å². The monoisotopic (exact) mass is 310 g/mol. The van der Waals surface area contributed by atoms with Gasteiger partial charge in [0.1, 0.15) is 0 Å². The summed E-state index contributed by atoms with van der Waals surface area (Å²) in [6.45, 7) is 5.20. The maximum atomic E-state index is 6.01. The number of nitrogens with two attached hydrogens (primary N) is 1. The zero-order valence-electron chi connectivity index (χ0n) is 11.1. The van der Waals surface area contributed by atoms with E-state index in [9.17, 15) is 0 Å². The van der Waals surface area contributed by atoms with Gasteiger partial charge in [0.05, 0.1) is 0 Å². The third kappa shape index (κ3) is 3.34. The lowest BCUT2D eigenvalue weighted by molar-refractivity contribution is 0.141. The van der Waals surface area contributed by atoms with Gasteiger partial charge in [0.2, 0.25) is 0 Å². The number of rotatable bonds is 6. The highest BCUT2D eigenvalue weighted by Gasteiger charge is 2.24. The highest BCUT2D eigenvalue weighted by molar-refractivity contribution is 9.10. The Morgan fingerprint density at radius 3 is 2.72 bits per heavy atom. The van der Waals surface area contributed by atoms with Crippen LogP contribution in [-0.2, 0) is 0 Å². The summed E-state index contributed by atoms with van der Waals surface area (Å²) in [6, 6.07) is 8.90. The number of halogens is 1. The first-order valence-electron chi connectivity index (χ1n) is 6.94. The molecule has 1 aliphatic carbocycles. The van der Waals surface area contributed by atoms with E-state index < -0.39 is 0 Å². The molecule has 0 aromatic heterocycles. The zero-order valence-corrected chi connectivity index (χ0v) is 12.7. The topological polar surface area (TPSA) is 29.3 Å². The third-order valence-corrected chi connectivity index (χ3v) is 4.51. The Labute approximate surface area is 119 Å². The van der Waals surface area contributed by atoms with Crippen molar-refractivity contribution in [3.8, 4) is 0 Å². The molecule has 1 aliphatic rings. The van der Waals surface area contributed by atoms with Gasteiger partial charge in [-0.1, -0.05) is 41.4 Å². The van der Waals surface area contributed by atoms with Crippen molar-refractivity contribution in [2.75, 3.05) is 19.6 Å². The number of hydrogen-bond acceptors (Lipinski definition) is 2. The predicted octanol–water partition coefficient (Wildman–Crippen LogP) is 3.57. The lowest BCUT2D eigenvalue weighted by atomic mass is 9.84. The van der Waals surface area contributed by atoms with Crippen LogP contribution in [0.2, 0.25) is 0 Å². The van der Waals surface area contributed by atoms with Crippen molar-refractivity contribution in [1.29, 1.82) is 0 Å². The fraction of sp³-hybridized carbons (Fsp3) is 0.600. The van der Waals surface area contributed by atoms with E-state index in [2.05, 4.69) is 52.0 Å². The highest BCUT2D eigenvalue weighted by Crippen LogP contribution is 2.30. The Balaban J connectivity index is 2.09. The molecule has 1 fully saturated rings. The smallest absolute Gasteiger partial charge is 0.0470 e. The Kier molecular flexibility index (Phi) is 5.22. The molecule has 2 N–H and O–H groups in total. The zero-order chi connectivity index (χ0) is 13.0. The van der Waals surface area contributed by atoms with Crippen LogP contribution in [0.25, 0.3) is 0 Å². The molecule has 0 heterocycles. The molecule has 1 unspecified atom stereocenters. The molecule has 1 aromatic rings. The molecule has 100 valence electrons. The van der Waals surface area contributed by atoms with Crippen LogP contribution in [0.3, 0.4) is 0 Å². The number of hydrogen-bond donors (Lipinski definition) is 1. The Morgan fingerprint density at radius 1 is 1.44 bits per heavy atom. The van der Waals surface area contributed by atoms with Gasteiger partial charge in [-0.15, -0.1) is 0 Å². The minimum Gasteiger partial charge on any atom is -0.329 e. The molecule has 2 nitrogen and oxygen atoms in total. The van der Waals surface area contributed by atoms with Crippen LogP contribution >= 0.6 is 15.9 Å². The standard InChI is InChI=1S/C15H23BrN2/c1-2-18(11-12-5-3-6-12)15(10-17)13-7-4-8-14(16)9-13/h4,7-9,12,15H,2-3,5-6,10-11,17H2,1H3. The first-order valence-corrected chi connectivity index (χ1v) is 7.73. The van der Waals surface area contributed by atoms with Gasteiger partial charge in [-0.3, -0.25) is 4.90 Å². The second-order valence-electron chi connectivity index (χ2n) is 5.19. The molecular formula is C15H23BrN2. The number of nitrogens with zero attached hydrogens (tertiary/aromatic N) is 1. The van der Waals surface area contributed by atoms with Crippen LogP contribution in [-0.4, -0.2) is 24.5 Å². The van der Waals surface area contributed by atoms with Crippen molar-refractivity contribution in [2.45, 2.75) is 32.2 Å². The maximum absolute atomic E-state index is 6.01. The average molecular weight is 311 g/mol. The van der Waals surface area contributed by atoms with Crippen LogP contribution in [0, 0.1) is 5.92 Å². The summed E-state index contributed by atoms with van der Waals surface area (Å²) in [5.41, 5.74) is 7.34. The summed E-state index contributed by atoms with van der Waals surface area (Å²) in [6.07, 6.45) is 4.20. The lowest BCUT2D eigenvalue weighted by Gasteiger charge is -2.36. The molecular weight excluding hydrogens is 288 g/mol. The van der Waals surface area contributed by atoms with Gasteiger partial charge < -0.3 is 5.73 Å². The number of benzene rings is 1. The van der Waals surface area contributed by atoms with Gasteiger partial charge in [-0.05, 0) is 43.0 Å². The Bertz CT molecular complexity index is 377. The van der Waals surface area contributed by atoms with Crippen molar-refractivity contribution in [3.63, 3.8) is 0 Å². The molecule has 1 saturated carbocycles. The first kappa shape index (κ1) is 14.0. The van der Waals surface area contributed by atoms with Crippen molar-refractivity contribution in [2.24, 2.45) is 11.7 Å². The van der Waals surface area contributed by atoms with E-state index in [1.807, 2.05) is 0 Å². The second kappa shape index (κ2) is 6.69. The van der Waals surface area contributed by atoms with Gasteiger partial charge >= 0.3 is 0 Å². The molecule has 2 rings (SSSR count). The van der Waals surface area contributed by atoms with Gasteiger partial charge in [-0.25, -0.2) is 0 Å². The Morgan fingerprint density at radius 2 is 2.22 bits per heavy atom. The van der Waals surface area contributed by atoms with E-state index in [0.717, 1.165) is 16.9 Å². The SMILES string of the molecule is CCN(CC1CCC1)C(CN)c1cccc(Br)c1. The molecule has 0 radical (unpaired) electrons. The molecule has 0 amide bonds. The summed E-state index contributed by atoms with van der Waals surface area (Å²) < 4.78 is 1.14. The number of likely N-dealkylation sites (N-methyl/N-ethyl adjacent to an activating group) is 1. The van der Waals surface area contributed by atoms with Crippen molar-refractivity contribution >= 4 is 15.9 Å². The molecule has 0 spiro atoms. The molecule has 1 aromatic carbocycles. The van der Waals surface area contributed by atoms with Crippen LogP contribution < -0.4 is 5.73 Å². The van der Waals surface area contributed by atoms with Crippen LogP contribution in [0.5, 0.6) is 0 Å². The fourth-order valence-electron chi connectivity index (χ4n) is 2.69. The predicted molar refractivity (Wildman–Crippen MR) is 80.5 cm³/mol. The largest absolute Gasteiger partial charge is 0.329 e. The van der Waals surface area contributed by atoms with Gasteiger partial charge in [-0.2, -0.15) is 0 Å². The van der Waals surface area contributed by atoms with Gasteiger partial charge in [0, 0.05) is 23.6 Å². The summed E-state index contributed by atoms with van der Waals surface area (Å²) >= 11 is 3.55. The lowest BCUT2D eigenvalue weighted by Crippen LogP contribution is -2.38. The average Bonchev–Trinajstić information content (AvgIpc) is 2.32. The van der Waals surface area contributed by atoms with Crippen LogP contribution in [0.1, 0.15) is 37.8 Å². The van der Waals surface area contributed by atoms with Gasteiger partial charge in [0.15, 0.2) is 0 Å². The quantitative estimate of drug-likeness (QED) is 0.870. The third-order valence-electron chi connectivity index (χ3n) is 4.02. The summed E-state index contributed by atoms with van der Waals surface area (Å²) in [5, 5.41) is 0. The molecule has 18 heavy (non-hydrogen) atoms. The molecule has 0 aliphatic heterocycles. The maximum Gasteiger partial charge on any atom is 0.0470 e. The van der Waals surface area contributed by atoms with Crippen molar-refractivity contribution < 1.29 is 0 Å². The summed E-state index contributed by atoms with van der Waals surface area (Å²) in [5.74, 6) is 0.895. The molecule has 3 heteroatoms. The Hall–Kier alpha value is -0.380. The minimum atomic E-state index is 0.355. The van der Waals surface area contributed by atoms with E-state index in [1.54, 1.807) is 0 Å². The fourth-order valence-corrected chi connectivity index (χ4v) is 3.11. The molecule has 0 bridgehead atoms. The van der Waals surface area contributed by atoms with E-state index in [0.29, 0.717) is 12.6 Å². The van der Waals surface area contributed by atoms with E-state index in [-0.39, 0.29) is 0 Å². The second-order valence-corrected chi connectivity index (χ2v) is 6.11. The molecule has 0 saturated heterocycles. The summed E-state index contributed by atoms with van der Waals surface area (Å²) in [7, 11) is 0. The van der Waals surface area contributed by atoms with Crippen LogP contribution in [0.15, 0.2) is 28.7 Å². The first-order chi connectivity index (χ1) is 8.74. The summed E-state index contributed by atoms with van der Waals surface area (Å²) in [4.78, 5) is 2.53. The minimum absolute atomic E-state index is 0.355. The van der Waals surface area contributed by atoms with Crippen molar-refractivity contribution in [3.05, 3.63) is 34.3 Å². The van der Waals surface area contributed by atoms with Gasteiger partial charge in [0.25, 0.3) is 0 Å². The van der Waals surface area contributed by atoms with Crippen LogP contribution in [0.4, 0.5) is 0 Å². The normalized spacial score (nSPS) is 17.8. The molecule has 1 atom stereocenters. The highest BCUT2D eigenvalue weighted by atomic mass is 79.9.